The Hall–Kier alpha value is -1.48. The monoisotopic (exact) mass is 231 g/mol. The van der Waals surface area contributed by atoms with E-state index in [2.05, 4.69) is 4.98 Å². The number of aromatic hydroxyl groups is 1. The van der Waals surface area contributed by atoms with Gasteiger partial charge in [-0.05, 0) is 30.7 Å². The van der Waals surface area contributed by atoms with Crippen molar-refractivity contribution in [3.63, 3.8) is 0 Å². The molecule has 0 saturated carbocycles. The minimum Gasteiger partial charge on any atom is -0.507 e. The Morgan fingerprint density at radius 1 is 1.19 bits per heavy atom. The summed E-state index contributed by atoms with van der Waals surface area (Å²) in [5.74, 6) is 1.12. The fourth-order valence-electron chi connectivity index (χ4n) is 1.39. The fourth-order valence-corrected chi connectivity index (χ4v) is 2.38. The predicted octanol–water partition coefficient (Wildman–Crippen LogP) is 3.39. The molecule has 16 heavy (non-hydrogen) atoms. The van der Waals surface area contributed by atoms with Gasteiger partial charge >= 0.3 is 0 Å². The van der Waals surface area contributed by atoms with Crippen molar-refractivity contribution in [1.29, 1.82) is 0 Å². The van der Waals surface area contributed by atoms with Crippen LogP contribution in [-0.2, 0) is 5.75 Å². The zero-order chi connectivity index (χ0) is 11.4. The number of nitrogens with zero attached hydrogens (tertiary/aromatic N) is 1. The van der Waals surface area contributed by atoms with Gasteiger partial charge in [0.1, 0.15) is 5.75 Å². The molecule has 2 rings (SSSR count). The summed E-state index contributed by atoms with van der Waals surface area (Å²) in [6.45, 7) is 2.05. The number of hydrogen-bond acceptors (Lipinski definition) is 3. The van der Waals surface area contributed by atoms with E-state index in [0.29, 0.717) is 5.75 Å². The quantitative estimate of drug-likeness (QED) is 0.822. The summed E-state index contributed by atoms with van der Waals surface area (Å²) in [4.78, 5) is 5.22. The molecule has 0 amide bonds. The molecule has 1 aromatic carbocycles. The molecule has 0 aliphatic carbocycles. The Bertz CT molecular complexity index is 439. The Kier molecular flexibility index (Phi) is 3.47. The molecule has 0 bridgehead atoms. The van der Waals surface area contributed by atoms with Crippen LogP contribution >= 0.6 is 11.8 Å². The van der Waals surface area contributed by atoms with Crippen molar-refractivity contribution in [2.24, 2.45) is 0 Å². The van der Waals surface area contributed by atoms with Gasteiger partial charge in [0.25, 0.3) is 0 Å². The van der Waals surface area contributed by atoms with Gasteiger partial charge < -0.3 is 5.11 Å². The molecule has 0 spiro atoms. The van der Waals surface area contributed by atoms with E-state index in [4.69, 9.17) is 0 Å². The van der Waals surface area contributed by atoms with Gasteiger partial charge in [0.15, 0.2) is 0 Å². The van der Waals surface area contributed by atoms with Crippen molar-refractivity contribution >= 4 is 11.8 Å². The Morgan fingerprint density at radius 2 is 2.00 bits per heavy atom. The number of phenolic OH excluding ortho intramolecular Hbond substituents is 1. The molecule has 0 unspecified atom stereocenters. The summed E-state index contributed by atoms with van der Waals surface area (Å²) in [6, 6.07) is 11.3. The first-order chi connectivity index (χ1) is 7.77. The van der Waals surface area contributed by atoms with Crippen molar-refractivity contribution in [2.75, 3.05) is 0 Å². The molecular formula is C13H13NOS. The Morgan fingerprint density at radius 3 is 2.75 bits per heavy atom. The zero-order valence-electron chi connectivity index (χ0n) is 9.05. The molecule has 0 aliphatic rings. The highest BCUT2D eigenvalue weighted by atomic mass is 32.2. The van der Waals surface area contributed by atoms with Gasteiger partial charge in [-0.3, -0.25) is 4.98 Å². The van der Waals surface area contributed by atoms with Gasteiger partial charge in [0.05, 0.1) is 5.69 Å². The third-order valence-electron chi connectivity index (χ3n) is 2.35. The molecule has 0 saturated heterocycles. The number of aromatic nitrogens is 1. The minimum atomic E-state index is 0.334. The van der Waals surface area contributed by atoms with Crippen LogP contribution in [0.2, 0.25) is 0 Å². The maximum atomic E-state index is 9.62. The van der Waals surface area contributed by atoms with Gasteiger partial charge in [0.2, 0.25) is 0 Å². The number of rotatable bonds is 3. The number of hydrogen-bond donors (Lipinski definition) is 1. The van der Waals surface area contributed by atoms with Gasteiger partial charge in [-0.2, -0.15) is 0 Å². The van der Waals surface area contributed by atoms with Crippen LogP contribution in [0, 0.1) is 6.92 Å². The number of aryl methyl sites for hydroxylation is 1. The first-order valence-corrected chi connectivity index (χ1v) is 6.07. The number of benzene rings is 1. The number of para-hydroxylation sites is 1. The van der Waals surface area contributed by atoms with Crippen molar-refractivity contribution < 1.29 is 5.11 Å². The number of thioether (sulfide) groups is 1. The highest BCUT2D eigenvalue weighted by molar-refractivity contribution is 7.98. The fraction of sp³-hybridized carbons (Fsp3) is 0.154. The smallest absolute Gasteiger partial charge is 0.129 e. The Labute approximate surface area is 99.4 Å². The van der Waals surface area contributed by atoms with E-state index < -0.39 is 0 Å². The van der Waals surface area contributed by atoms with Crippen LogP contribution in [0.4, 0.5) is 0 Å². The predicted molar refractivity (Wildman–Crippen MR) is 66.6 cm³/mol. The average molecular weight is 231 g/mol. The van der Waals surface area contributed by atoms with Gasteiger partial charge in [-0.25, -0.2) is 0 Å². The standard InChI is InChI=1S/C13H13NOS/c1-10-5-4-8-14-11(10)9-16-13-7-3-2-6-12(13)15/h2-8,15H,9H2,1H3. The Balaban J connectivity index is 2.09. The molecule has 82 valence electrons. The van der Waals surface area contributed by atoms with Crippen LogP contribution in [0.5, 0.6) is 5.75 Å². The highest BCUT2D eigenvalue weighted by Crippen LogP contribution is 2.30. The van der Waals surface area contributed by atoms with Crippen LogP contribution in [0.1, 0.15) is 11.3 Å². The summed E-state index contributed by atoms with van der Waals surface area (Å²) in [6.07, 6.45) is 1.80. The average Bonchev–Trinajstić information content (AvgIpc) is 2.30. The first kappa shape index (κ1) is 11.0. The lowest BCUT2D eigenvalue weighted by Crippen LogP contribution is -1.90. The van der Waals surface area contributed by atoms with Crippen molar-refractivity contribution in [3.8, 4) is 5.75 Å². The highest BCUT2D eigenvalue weighted by Gasteiger charge is 2.03. The van der Waals surface area contributed by atoms with Gasteiger partial charge in [-0.1, -0.05) is 18.2 Å². The van der Waals surface area contributed by atoms with E-state index in [1.54, 1.807) is 24.0 Å². The van der Waals surface area contributed by atoms with Crippen LogP contribution in [0.15, 0.2) is 47.5 Å². The molecule has 3 heteroatoms. The molecule has 0 aliphatic heterocycles. The molecule has 0 radical (unpaired) electrons. The topological polar surface area (TPSA) is 33.1 Å². The summed E-state index contributed by atoms with van der Waals surface area (Å²) in [7, 11) is 0. The molecule has 1 heterocycles. The van der Waals surface area contributed by atoms with Crippen molar-refractivity contribution in [3.05, 3.63) is 53.9 Å². The minimum absolute atomic E-state index is 0.334. The second-order valence-electron chi connectivity index (χ2n) is 3.52. The normalized spacial score (nSPS) is 10.3. The third-order valence-corrected chi connectivity index (χ3v) is 3.42. The molecular weight excluding hydrogens is 218 g/mol. The SMILES string of the molecule is Cc1cccnc1CSc1ccccc1O. The lowest BCUT2D eigenvalue weighted by atomic mass is 10.2. The van der Waals surface area contributed by atoms with Crippen LogP contribution in [0.3, 0.4) is 0 Å². The van der Waals surface area contributed by atoms with Crippen molar-refractivity contribution in [1.82, 2.24) is 4.98 Å². The summed E-state index contributed by atoms with van der Waals surface area (Å²) in [5.41, 5.74) is 2.25. The summed E-state index contributed by atoms with van der Waals surface area (Å²) >= 11 is 1.60. The molecule has 2 aromatic rings. The van der Waals surface area contributed by atoms with Crippen LogP contribution < -0.4 is 0 Å². The van der Waals surface area contributed by atoms with Crippen LogP contribution in [-0.4, -0.2) is 10.1 Å². The van der Waals surface area contributed by atoms with E-state index >= 15 is 0 Å². The zero-order valence-corrected chi connectivity index (χ0v) is 9.87. The largest absolute Gasteiger partial charge is 0.507 e. The van der Waals surface area contributed by atoms with E-state index in [1.165, 1.54) is 5.56 Å². The first-order valence-electron chi connectivity index (χ1n) is 5.08. The summed E-state index contributed by atoms with van der Waals surface area (Å²) in [5, 5.41) is 9.62. The molecule has 2 nitrogen and oxygen atoms in total. The third kappa shape index (κ3) is 2.55. The van der Waals surface area contributed by atoms with E-state index in [-0.39, 0.29) is 0 Å². The number of pyridine rings is 1. The van der Waals surface area contributed by atoms with Crippen LogP contribution in [0.25, 0.3) is 0 Å². The number of phenols is 1. The van der Waals surface area contributed by atoms with E-state index in [0.717, 1.165) is 16.3 Å². The maximum Gasteiger partial charge on any atom is 0.129 e. The molecule has 0 fully saturated rings. The second-order valence-corrected chi connectivity index (χ2v) is 4.54. The lowest BCUT2D eigenvalue weighted by molar-refractivity contribution is 0.462. The van der Waals surface area contributed by atoms with Crippen molar-refractivity contribution in [2.45, 2.75) is 17.6 Å². The molecule has 1 aromatic heterocycles. The molecule has 0 atom stereocenters. The summed E-state index contributed by atoms with van der Waals surface area (Å²) < 4.78 is 0. The van der Waals surface area contributed by atoms with E-state index in [1.807, 2.05) is 37.3 Å². The van der Waals surface area contributed by atoms with E-state index in [9.17, 15) is 5.11 Å². The molecule has 1 N–H and O–H groups in total. The lowest BCUT2D eigenvalue weighted by Gasteiger charge is -2.05. The second kappa shape index (κ2) is 5.03. The van der Waals surface area contributed by atoms with Gasteiger partial charge in [0, 0.05) is 16.8 Å². The maximum absolute atomic E-state index is 9.62. The van der Waals surface area contributed by atoms with Gasteiger partial charge in [-0.15, -0.1) is 11.8 Å².